The molecule has 0 aromatic rings. The van der Waals surface area contributed by atoms with Gasteiger partial charge in [-0.1, -0.05) is 13.8 Å². The molecule has 1 unspecified atom stereocenters. The van der Waals surface area contributed by atoms with E-state index in [2.05, 4.69) is 0 Å². The van der Waals surface area contributed by atoms with Gasteiger partial charge in [0.25, 0.3) is 0 Å². The summed E-state index contributed by atoms with van der Waals surface area (Å²) in [5, 5.41) is 27.1. The molecule has 0 aliphatic carbocycles. The molecule has 0 fully saturated rings. The lowest BCUT2D eigenvalue weighted by Gasteiger charge is -2.25. The standard InChI is InChI=1S/C10H16O5/c1-6(2)5-10(3,15)7(9(13)14)4-8(11)12/h4,6,15H,5H2,1-3H3,(H,11,12)(H,13,14)/b7-4+. The van der Waals surface area contributed by atoms with Crippen LogP contribution in [0.3, 0.4) is 0 Å². The van der Waals surface area contributed by atoms with Crippen LogP contribution >= 0.6 is 0 Å². The molecule has 86 valence electrons. The van der Waals surface area contributed by atoms with Crippen molar-refractivity contribution in [1.82, 2.24) is 0 Å². The van der Waals surface area contributed by atoms with Gasteiger partial charge in [-0.3, -0.25) is 0 Å². The molecule has 0 bridgehead atoms. The van der Waals surface area contributed by atoms with Crippen LogP contribution in [0.4, 0.5) is 0 Å². The maximum atomic E-state index is 10.8. The minimum absolute atomic E-state index is 0.0662. The number of carboxylic acids is 2. The van der Waals surface area contributed by atoms with Crippen LogP contribution in [0.15, 0.2) is 11.6 Å². The third kappa shape index (κ3) is 4.60. The molecule has 0 aromatic heterocycles. The molecule has 0 amide bonds. The lowest BCUT2D eigenvalue weighted by Crippen LogP contribution is -2.33. The van der Waals surface area contributed by atoms with Crippen molar-refractivity contribution >= 4 is 11.9 Å². The average Bonchev–Trinajstić information content (AvgIpc) is 1.96. The largest absolute Gasteiger partial charge is 0.478 e. The molecule has 0 saturated heterocycles. The van der Waals surface area contributed by atoms with Crippen molar-refractivity contribution in [2.45, 2.75) is 32.8 Å². The van der Waals surface area contributed by atoms with E-state index in [9.17, 15) is 14.7 Å². The Bertz CT molecular complexity index is 288. The highest BCUT2D eigenvalue weighted by Crippen LogP contribution is 2.24. The van der Waals surface area contributed by atoms with Crippen LogP contribution in [0.25, 0.3) is 0 Å². The molecule has 0 radical (unpaired) electrons. The molecule has 0 aliphatic heterocycles. The van der Waals surface area contributed by atoms with Gasteiger partial charge in [0.1, 0.15) is 0 Å². The van der Waals surface area contributed by atoms with Crippen molar-refractivity contribution in [2.75, 3.05) is 0 Å². The van der Waals surface area contributed by atoms with Gasteiger partial charge in [-0.25, -0.2) is 9.59 Å². The fourth-order valence-electron chi connectivity index (χ4n) is 1.48. The first-order chi connectivity index (χ1) is 6.66. The second kappa shape index (κ2) is 4.93. The molecule has 5 nitrogen and oxygen atoms in total. The first kappa shape index (κ1) is 13.6. The van der Waals surface area contributed by atoms with Crippen molar-refractivity contribution in [3.8, 4) is 0 Å². The number of carbonyl (C=O) groups is 2. The molecule has 0 aliphatic rings. The highest BCUT2D eigenvalue weighted by atomic mass is 16.4. The average molecular weight is 216 g/mol. The van der Waals surface area contributed by atoms with E-state index < -0.39 is 23.1 Å². The fourth-order valence-corrected chi connectivity index (χ4v) is 1.48. The summed E-state index contributed by atoms with van der Waals surface area (Å²) in [4.78, 5) is 21.2. The van der Waals surface area contributed by atoms with Crippen LogP contribution in [0.2, 0.25) is 0 Å². The second-order valence-electron chi connectivity index (χ2n) is 4.07. The first-order valence-corrected chi connectivity index (χ1v) is 4.57. The van der Waals surface area contributed by atoms with Gasteiger partial charge >= 0.3 is 11.9 Å². The highest BCUT2D eigenvalue weighted by molar-refractivity contribution is 5.96. The summed E-state index contributed by atoms with van der Waals surface area (Å²) in [6.07, 6.45) is 0.725. The molecule has 0 spiro atoms. The van der Waals surface area contributed by atoms with Gasteiger partial charge in [0.05, 0.1) is 11.2 Å². The van der Waals surface area contributed by atoms with E-state index >= 15 is 0 Å². The smallest absolute Gasteiger partial charge is 0.334 e. The topological polar surface area (TPSA) is 94.8 Å². The molecule has 0 heterocycles. The van der Waals surface area contributed by atoms with Crippen molar-refractivity contribution in [3.05, 3.63) is 11.6 Å². The monoisotopic (exact) mass is 216 g/mol. The lowest BCUT2D eigenvalue weighted by atomic mass is 9.87. The minimum Gasteiger partial charge on any atom is -0.478 e. The molecule has 0 rings (SSSR count). The third-order valence-corrected chi connectivity index (χ3v) is 1.88. The number of aliphatic hydroxyl groups is 1. The van der Waals surface area contributed by atoms with Gasteiger partial charge in [-0.05, 0) is 19.3 Å². The van der Waals surface area contributed by atoms with Crippen molar-refractivity contribution < 1.29 is 24.9 Å². The van der Waals surface area contributed by atoms with Crippen molar-refractivity contribution in [2.24, 2.45) is 5.92 Å². The number of carboxylic acid groups (broad SMARTS) is 2. The Labute approximate surface area is 88.0 Å². The minimum atomic E-state index is -1.63. The molecule has 0 saturated carbocycles. The second-order valence-corrected chi connectivity index (χ2v) is 4.07. The third-order valence-electron chi connectivity index (χ3n) is 1.88. The van der Waals surface area contributed by atoms with E-state index in [1.807, 2.05) is 13.8 Å². The zero-order valence-corrected chi connectivity index (χ0v) is 9.02. The zero-order chi connectivity index (χ0) is 12.2. The van der Waals surface area contributed by atoms with E-state index in [0.717, 1.165) is 0 Å². The lowest BCUT2D eigenvalue weighted by molar-refractivity contribution is -0.137. The fraction of sp³-hybridized carbons (Fsp3) is 0.600. The van der Waals surface area contributed by atoms with Crippen LogP contribution in [0.1, 0.15) is 27.2 Å². The quantitative estimate of drug-likeness (QED) is 0.593. The van der Waals surface area contributed by atoms with Crippen molar-refractivity contribution in [3.63, 3.8) is 0 Å². The Morgan fingerprint density at radius 3 is 2.07 bits per heavy atom. The van der Waals surface area contributed by atoms with Crippen LogP contribution in [0.5, 0.6) is 0 Å². The van der Waals surface area contributed by atoms with Gasteiger partial charge in [0.2, 0.25) is 0 Å². The van der Waals surface area contributed by atoms with E-state index in [0.29, 0.717) is 6.08 Å². The molecule has 3 N–H and O–H groups in total. The van der Waals surface area contributed by atoms with Gasteiger partial charge in [0.15, 0.2) is 0 Å². The Balaban J connectivity index is 5.08. The normalized spacial score (nSPS) is 16.2. The summed E-state index contributed by atoms with van der Waals surface area (Å²) in [6.45, 7) is 4.93. The van der Waals surface area contributed by atoms with E-state index in [4.69, 9.17) is 10.2 Å². The molecule has 5 heteroatoms. The Morgan fingerprint density at radius 2 is 1.80 bits per heavy atom. The summed E-state index contributed by atoms with van der Waals surface area (Å²) in [5.41, 5.74) is -2.12. The van der Waals surface area contributed by atoms with E-state index in [1.165, 1.54) is 6.92 Å². The molecular weight excluding hydrogens is 200 g/mol. The zero-order valence-electron chi connectivity index (χ0n) is 9.02. The van der Waals surface area contributed by atoms with Crippen molar-refractivity contribution in [1.29, 1.82) is 0 Å². The number of rotatable bonds is 5. The summed E-state index contributed by atoms with van der Waals surface area (Å²) >= 11 is 0. The highest BCUT2D eigenvalue weighted by Gasteiger charge is 2.32. The summed E-state index contributed by atoms with van der Waals surface area (Å²) in [5.74, 6) is -2.73. The van der Waals surface area contributed by atoms with Gasteiger partial charge < -0.3 is 15.3 Å². The van der Waals surface area contributed by atoms with Crippen LogP contribution in [0, 0.1) is 5.92 Å². The predicted octanol–water partition coefficient (Wildman–Crippen LogP) is 0.879. The number of aliphatic carboxylic acids is 2. The Kier molecular flexibility index (Phi) is 4.48. The molecule has 0 aromatic carbocycles. The van der Waals surface area contributed by atoms with Gasteiger partial charge in [-0.15, -0.1) is 0 Å². The molecule has 15 heavy (non-hydrogen) atoms. The van der Waals surface area contributed by atoms with E-state index in [1.54, 1.807) is 0 Å². The first-order valence-electron chi connectivity index (χ1n) is 4.57. The number of hydrogen-bond acceptors (Lipinski definition) is 3. The van der Waals surface area contributed by atoms with Crippen LogP contribution < -0.4 is 0 Å². The van der Waals surface area contributed by atoms with E-state index in [-0.39, 0.29) is 12.3 Å². The number of hydrogen-bond donors (Lipinski definition) is 3. The van der Waals surface area contributed by atoms with Gasteiger partial charge in [0, 0.05) is 6.08 Å². The van der Waals surface area contributed by atoms with Crippen LogP contribution in [-0.2, 0) is 9.59 Å². The van der Waals surface area contributed by atoms with Crippen LogP contribution in [-0.4, -0.2) is 32.9 Å². The summed E-state index contributed by atoms with van der Waals surface area (Å²) in [6, 6.07) is 0. The van der Waals surface area contributed by atoms with Gasteiger partial charge in [-0.2, -0.15) is 0 Å². The maximum absolute atomic E-state index is 10.8. The Hall–Kier alpha value is -1.36. The Morgan fingerprint density at radius 1 is 1.33 bits per heavy atom. The molecular formula is C10H16O5. The summed E-state index contributed by atoms with van der Waals surface area (Å²) in [7, 11) is 0. The molecule has 1 atom stereocenters. The SMILES string of the molecule is CC(C)CC(C)(O)/C(=C/C(=O)O)C(=O)O. The maximum Gasteiger partial charge on any atom is 0.334 e. The predicted molar refractivity (Wildman–Crippen MR) is 53.4 cm³/mol. The summed E-state index contributed by atoms with van der Waals surface area (Å²) < 4.78 is 0.